The largest absolute Gasteiger partial charge is 0.497 e. The third kappa shape index (κ3) is 6.19. The lowest BCUT2D eigenvalue weighted by Gasteiger charge is -2.15. The van der Waals surface area contributed by atoms with E-state index < -0.39 is 0 Å². The highest BCUT2D eigenvalue weighted by Gasteiger charge is 2.13. The fourth-order valence-corrected chi connectivity index (χ4v) is 3.87. The summed E-state index contributed by atoms with van der Waals surface area (Å²) >= 11 is 1.56. The van der Waals surface area contributed by atoms with Gasteiger partial charge in [-0.15, -0.1) is 11.3 Å². The first-order chi connectivity index (χ1) is 15.0. The Balaban J connectivity index is 1.59. The van der Waals surface area contributed by atoms with Crippen LogP contribution in [0.2, 0.25) is 0 Å². The molecule has 1 heterocycles. The van der Waals surface area contributed by atoms with Crippen LogP contribution in [0.5, 0.6) is 17.2 Å². The summed E-state index contributed by atoms with van der Waals surface area (Å²) in [4.78, 5) is 19.0. The Morgan fingerprint density at radius 3 is 2.71 bits per heavy atom. The lowest BCUT2D eigenvalue weighted by Crippen LogP contribution is -2.29. The Morgan fingerprint density at radius 1 is 1.13 bits per heavy atom. The maximum Gasteiger partial charge on any atom is 0.238 e. The quantitative estimate of drug-likeness (QED) is 0.506. The van der Waals surface area contributed by atoms with Gasteiger partial charge >= 0.3 is 0 Å². The van der Waals surface area contributed by atoms with Gasteiger partial charge in [-0.25, -0.2) is 4.98 Å². The average molecular weight is 442 g/mol. The monoisotopic (exact) mass is 441 g/mol. The normalized spacial score (nSPS) is 10.7. The topological polar surface area (TPSA) is 72.9 Å². The van der Waals surface area contributed by atoms with Gasteiger partial charge in [0.05, 0.1) is 33.1 Å². The van der Waals surface area contributed by atoms with Crippen LogP contribution in [-0.4, -0.2) is 50.2 Å². The van der Waals surface area contributed by atoms with Crippen LogP contribution in [0.25, 0.3) is 10.6 Å². The zero-order valence-corrected chi connectivity index (χ0v) is 19.0. The zero-order valence-electron chi connectivity index (χ0n) is 18.2. The second-order valence-electron chi connectivity index (χ2n) is 6.90. The van der Waals surface area contributed by atoms with E-state index >= 15 is 0 Å². The summed E-state index contributed by atoms with van der Waals surface area (Å²) in [5, 5.41) is 5.79. The molecule has 0 unspecified atom stereocenters. The minimum Gasteiger partial charge on any atom is -0.497 e. The molecule has 0 spiro atoms. The van der Waals surface area contributed by atoms with E-state index in [1.807, 2.05) is 60.6 Å². The second-order valence-corrected chi connectivity index (χ2v) is 7.75. The number of hydrogen-bond acceptors (Lipinski definition) is 7. The fourth-order valence-electron chi connectivity index (χ4n) is 3.07. The van der Waals surface area contributed by atoms with Gasteiger partial charge in [-0.2, -0.15) is 0 Å². The van der Waals surface area contributed by atoms with Gasteiger partial charge in [0.25, 0.3) is 0 Å². The van der Waals surface area contributed by atoms with E-state index in [4.69, 9.17) is 19.2 Å². The Morgan fingerprint density at radius 2 is 1.97 bits per heavy atom. The number of carbonyl (C=O) groups is 1. The smallest absolute Gasteiger partial charge is 0.238 e. The molecule has 0 aliphatic rings. The first-order valence-corrected chi connectivity index (χ1v) is 10.8. The van der Waals surface area contributed by atoms with E-state index in [0.717, 1.165) is 16.3 Å². The van der Waals surface area contributed by atoms with Gasteiger partial charge in [0.15, 0.2) is 11.5 Å². The minimum absolute atomic E-state index is 0.0949. The van der Waals surface area contributed by atoms with Crippen molar-refractivity contribution in [1.82, 2.24) is 9.88 Å². The van der Waals surface area contributed by atoms with Crippen molar-refractivity contribution in [1.29, 1.82) is 0 Å². The number of nitrogens with one attached hydrogen (secondary N) is 1. The summed E-state index contributed by atoms with van der Waals surface area (Å²) in [6.45, 7) is 3.33. The van der Waals surface area contributed by atoms with Crippen LogP contribution in [0.1, 0.15) is 12.6 Å². The van der Waals surface area contributed by atoms with Gasteiger partial charge in [0, 0.05) is 29.2 Å². The number of thiazole rings is 1. The number of nitrogens with zero attached hydrogens (tertiary/aromatic N) is 2. The maximum absolute atomic E-state index is 12.4. The molecular formula is C23H27N3O4S. The molecule has 0 radical (unpaired) electrons. The van der Waals surface area contributed by atoms with Gasteiger partial charge in [-0.05, 0) is 44.3 Å². The molecule has 3 rings (SSSR count). The van der Waals surface area contributed by atoms with Crippen LogP contribution in [-0.2, 0) is 11.3 Å². The predicted octanol–water partition coefficient (Wildman–Crippen LogP) is 4.30. The number of hydrogen-bond donors (Lipinski definition) is 1. The fraction of sp³-hybridized carbons (Fsp3) is 0.304. The van der Waals surface area contributed by atoms with E-state index in [1.54, 1.807) is 31.6 Å². The number of ether oxygens (including phenoxy) is 3. The van der Waals surface area contributed by atoms with E-state index in [2.05, 4.69) is 5.32 Å². The van der Waals surface area contributed by atoms with Crippen molar-refractivity contribution in [3.05, 3.63) is 53.5 Å². The van der Waals surface area contributed by atoms with Gasteiger partial charge in [-0.3, -0.25) is 9.69 Å². The first-order valence-electron chi connectivity index (χ1n) is 9.90. The van der Waals surface area contributed by atoms with Gasteiger partial charge in [0.1, 0.15) is 10.8 Å². The Kier molecular flexibility index (Phi) is 7.86. The second kappa shape index (κ2) is 10.8. The third-order valence-corrected chi connectivity index (χ3v) is 5.40. The van der Waals surface area contributed by atoms with Crippen LogP contribution in [0, 0.1) is 0 Å². The molecule has 1 N–H and O–H groups in total. The minimum atomic E-state index is -0.0949. The standard InChI is InChI=1S/C23H27N3O4S/c1-5-30-20-10-9-16(11-21(20)29-4)23-25-18(15-31-23)13-26(2)14-22(27)24-17-7-6-8-19(12-17)28-3/h6-12,15H,5,13-14H2,1-4H3,(H,24,27). The Bertz CT molecular complexity index is 1020. The molecular weight excluding hydrogens is 414 g/mol. The Hall–Kier alpha value is -3.10. The highest BCUT2D eigenvalue weighted by Crippen LogP contribution is 2.34. The van der Waals surface area contributed by atoms with Crippen molar-refractivity contribution in [2.75, 3.05) is 39.7 Å². The molecule has 7 nitrogen and oxygen atoms in total. The molecule has 0 bridgehead atoms. The highest BCUT2D eigenvalue weighted by molar-refractivity contribution is 7.13. The van der Waals surface area contributed by atoms with Crippen molar-refractivity contribution >= 4 is 22.9 Å². The first kappa shape index (κ1) is 22.6. The van der Waals surface area contributed by atoms with Gasteiger partial charge in [-0.1, -0.05) is 6.07 Å². The van der Waals surface area contributed by atoms with Crippen LogP contribution >= 0.6 is 11.3 Å². The number of anilines is 1. The van der Waals surface area contributed by atoms with Gasteiger partial charge < -0.3 is 19.5 Å². The SMILES string of the molecule is CCOc1ccc(-c2nc(CN(C)CC(=O)Nc3cccc(OC)c3)cs2)cc1OC. The van der Waals surface area contributed by atoms with Crippen molar-refractivity contribution in [2.24, 2.45) is 0 Å². The van der Waals surface area contributed by atoms with Crippen molar-refractivity contribution < 1.29 is 19.0 Å². The molecule has 0 aliphatic carbocycles. The molecule has 8 heteroatoms. The molecule has 164 valence electrons. The number of benzene rings is 2. The third-order valence-electron chi connectivity index (χ3n) is 4.46. The molecule has 0 saturated carbocycles. The van der Waals surface area contributed by atoms with Crippen molar-refractivity contribution in [3.63, 3.8) is 0 Å². The number of methoxy groups -OCH3 is 2. The van der Waals surface area contributed by atoms with Crippen LogP contribution in [0.3, 0.4) is 0 Å². The number of aromatic nitrogens is 1. The molecule has 31 heavy (non-hydrogen) atoms. The lowest BCUT2D eigenvalue weighted by atomic mass is 10.2. The molecule has 0 aliphatic heterocycles. The van der Waals surface area contributed by atoms with Crippen LogP contribution in [0.15, 0.2) is 47.8 Å². The molecule has 0 saturated heterocycles. The van der Waals surface area contributed by atoms with E-state index in [9.17, 15) is 4.79 Å². The van der Waals surface area contributed by atoms with Gasteiger partial charge in [0.2, 0.25) is 5.91 Å². The summed E-state index contributed by atoms with van der Waals surface area (Å²) < 4.78 is 16.2. The summed E-state index contributed by atoms with van der Waals surface area (Å²) in [6, 6.07) is 13.1. The van der Waals surface area contributed by atoms with E-state index in [-0.39, 0.29) is 12.5 Å². The van der Waals surface area contributed by atoms with Crippen molar-refractivity contribution in [3.8, 4) is 27.8 Å². The molecule has 0 atom stereocenters. The highest BCUT2D eigenvalue weighted by atomic mass is 32.1. The summed E-state index contributed by atoms with van der Waals surface area (Å²) in [5.74, 6) is 2.00. The molecule has 1 aromatic heterocycles. The van der Waals surface area contributed by atoms with Crippen molar-refractivity contribution in [2.45, 2.75) is 13.5 Å². The molecule has 3 aromatic rings. The molecule has 1 amide bonds. The number of rotatable bonds is 10. The predicted molar refractivity (Wildman–Crippen MR) is 123 cm³/mol. The van der Waals surface area contributed by atoms with E-state index in [0.29, 0.717) is 36.1 Å². The molecule has 0 fully saturated rings. The number of carbonyl (C=O) groups excluding carboxylic acids is 1. The Labute approximate surface area is 186 Å². The van der Waals surface area contributed by atoms with E-state index in [1.165, 1.54) is 0 Å². The zero-order chi connectivity index (χ0) is 22.2. The summed E-state index contributed by atoms with van der Waals surface area (Å²) in [5.41, 5.74) is 2.58. The number of amides is 1. The molecule has 2 aromatic carbocycles. The van der Waals surface area contributed by atoms with Crippen LogP contribution < -0.4 is 19.5 Å². The average Bonchev–Trinajstić information content (AvgIpc) is 3.22. The maximum atomic E-state index is 12.4. The lowest BCUT2D eigenvalue weighted by molar-refractivity contribution is -0.117. The van der Waals surface area contributed by atoms with Crippen LogP contribution in [0.4, 0.5) is 5.69 Å². The number of likely N-dealkylation sites (N-methyl/N-ethyl adjacent to an activating group) is 1. The summed E-state index contributed by atoms with van der Waals surface area (Å²) in [6.07, 6.45) is 0. The summed E-state index contributed by atoms with van der Waals surface area (Å²) in [7, 11) is 5.12.